The van der Waals surface area contributed by atoms with E-state index in [0.717, 1.165) is 42.4 Å². The van der Waals surface area contributed by atoms with Gasteiger partial charge in [0, 0.05) is 50.4 Å². The van der Waals surface area contributed by atoms with Crippen LogP contribution in [0.3, 0.4) is 0 Å². The number of anilines is 1. The van der Waals surface area contributed by atoms with Crippen molar-refractivity contribution < 1.29 is 18.4 Å². The Bertz CT molecular complexity index is 1360. The van der Waals surface area contributed by atoms with Gasteiger partial charge < -0.3 is 16.0 Å². The zero-order valence-corrected chi connectivity index (χ0v) is 22.9. The average Bonchev–Trinajstić information content (AvgIpc) is 2.92. The maximum Gasteiger partial charge on any atom is 0.252 e. The minimum atomic E-state index is -2.72. The third kappa shape index (κ3) is 6.04. The Balaban J connectivity index is 1.30. The molecule has 0 radical (unpaired) electrons. The second-order valence-corrected chi connectivity index (χ2v) is 11.4. The van der Waals surface area contributed by atoms with Gasteiger partial charge >= 0.3 is 0 Å². The van der Waals surface area contributed by atoms with E-state index < -0.39 is 11.5 Å². The summed E-state index contributed by atoms with van der Waals surface area (Å²) < 4.78 is 27.0. The van der Waals surface area contributed by atoms with Gasteiger partial charge in [0.15, 0.2) is 5.82 Å². The number of nitrogens with two attached hydrogens (primary N) is 1. The second-order valence-electron chi connectivity index (χ2n) is 11.4. The van der Waals surface area contributed by atoms with Crippen LogP contribution in [0.25, 0.3) is 22.4 Å². The summed E-state index contributed by atoms with van der Waals surface area (Å²) in [5.41, 5.74) is 8.96. The van der Waals surface area contributed by atoms with Crippen LogP contribution < -0.4 is 11.1 Å². The molecule has 0 unspecified atom stereocenters. The van der Waals surface area contributed by atoms with Crippen LogP contribution in [0.5, 0.6) is 0 Å². The first-order valence-electron chi connectivity index (χ1n) is 13.8. The van der Waals surface area contributed by atoms with Crippen LogP contribution in [0.4, 0.5) is 14.6 Å². The molecule has 5 rings (SSSR count). The number of carbonyl (C=O) groups is 2. The molecule has 0 aliphatic heterocycles. The summed E-state index contributed by atoms with van der Waals surface area (Å²) in [5.74, 6) is -2.13. The van der Waals surface area contributed by atoms with E-state index in [2.05, 4.69) is 15.5 Å². The molecule has 0 spiro atoms. The summed E-state index contributed by atoms with van der Waals surface area (Å²) in [4.78, 5) is 26.4. The number of rotatable bonds is 7. The molecule has 3 N–H and O–H groups in total. The van der Waals surface area contributed by atoms with Gasteiger partial charge in [0.1, 0.15) is 5.69 Å². The number of nitrogens with one attached hydrogen (secondary N) is 1. The number of halogens is 2. The van der Waals surface area contributed by atoms with E-state index in [1.54, 1.807) is 24.0 Å². The van der Waals surface area contributed by atoms with E-state index in [1.807, 2.05) is 55.6 Å². The van der Waals surface area contributed by atoms with Gasteiger partial charge in [0.2, 0.25) is 11.8 Å². The van der Waals surface area contributed by atoms with Crippen LogP contribution in [0.2, 0.25) is 0 Å². The van der Waals surface area contributed by atoms with Gasteiger partial charge in [-0.15, -0.1) is 10.2 Å². The Labute approximate surface area is 233 Å². The van der Waals surface area contributed by atoms with Gasteiger partial charge in [-0.25, -0.2) is 8.78 Å². The second kappa shape index (κ2) is 11.0. The van der Waals surface area contributed by atoms with Gasteiger partial charge in [-0.05, 0) is 48.8 Å². The number of aromatic nitrogens is 2. The van der Waals surface area contributed by atoms with Crippen molar-refractivity contribution in [3.8, 4) is 22.4 Å². The van der Waals surface area contributed by atoms with Crippen LogP contribution in [0.15, 0.2) is 60.7 Å². The first-order valence-corrected chi connectivity index (χ1v) is 13.8. The van der Waals surface area contributed by atoms with Crippen molar-refractivity contribution in [3.05, 3.63) is 66.2 Å². The van der Waals surface area contributed by atoms with E-state index in [0.29, 0.717) is 23.5 Å². The molecule has 9 heteroatoms. The first kappa shape index (κ1) is 27.8. The predicted molar refractivity (Wildman–Crippen MR) is 150 cm³/mol. The van der Waals surface area contributed by atoms with Crippen LogP contribution >= 0.6 is 0 Å². The number of alkyl halides is 2. The molecule has 1 aromatic heterocycles. The largest absolute Gasteiger partial charge is 0.343 e. The zero-order valence-electron chi connectivity index (χ0n) is 22.9. The van der Waals surface area contributed by atoms with Crippen molar-refractivity contribution in [1.82, 2.24) is 15.1 Å². The highest BCUT2D eigenvalue weighted by Gasteiger charge is 2.55. The van der Waals surface area contributed by atoms with E-state index in [-0.39, 0.29) is 36.6 Å². The molecule has 0 bridgehead atoms. The fourth-order valence-corrected chi connectivity index (χ4v) is 5.99. The van der Waals surface area contributed by atoms with Crippen LogP contribution in [0, 0.1) is 5.92 Å². The number of carbonyl (C=O) groups excluding carboxylic acids is 2. The highest BCUT2D eigenvalue weighted by molar-refractivity contribution is 5.91. The lowest BCUT2D eigenvalue weighted by Crippen LogP contribution is -2.55. The fourth-order valence-electron chi connectivity index (χ4n) is 5.99. The predicted octanol–water partition coefficient (Wildman–Crippen LogP) is 5.76. The molecule has 2 aliphatic carbocycles. The number of nitrogens with zero attached hydrogens (tertiary/aromatic N) is 3. The van der Waals surface area contributed by atoms with Gasteiger partial charge in [-0.2, -0.15) is 0 Å². The molecular formula is C31H35F2N5O2. The molecule has 40 heavy (non-hydrogen) atoms. The van der Waals surface area contributed by atoms with Crippen LogP contribution in [0.1, 0.15) is 57.4 Å². The molecule has 2 amide bonds. The van der Waals surface area contributed by atoms with Crippen molar-refractivity contribution in [2.75, 3.05) is 12.4 Å². The van der Waals surface area contributed by atoms with Gasteiger partial charge in [-0.3, -0.25) is 9.59 Å². The number of amides is 2. The normalized spacial score (nSPS) is 21.2. The van der Waals surface area contributed by atoms with Crippen molar-refractivity contribution in [2.45, 2.75) is 69.4 Å². The molecule has 210 valence electrons. The summed E-state index contributed by atoms with van der Waals surface area (Å²) in [6, 6.07) is 19.0. The molecule has 2 saturated carbocycles. The quantitative estimate of drug-likeness (QED) is 0.392. The molecule has 2 aromatic carbocycles. The molecule has 2 aliphatic rings. The Kier molecular flexibility index (Phi) is 7.68. The smallest absolute Gasteiger partial charge is 0.252 e. The van der Waals surface area contributed by atoms with Gasteiger partial charge in [0.25, 0.3) is 5.92 Å². The van der Waals surface area contributed by atoms with Gasteiger partial charge in [-0.1, -0.05) is 54.6 Å². The number of hydrogen-bond donors (Lipinski definition) is 2. The standard InChI is InChI=1S/C31H35F2N5O2/c1-20(39)38(2)25-14-8-21(9-15-25)16-28(40)35-27-17-26(22-6-4-3-5-7-22)29(37-36-27)23-10-12-24(13-11-23)30(34)18-31(32,33)19-30/h3-7,10-13,17,21,25H,8-9,14-16,18-19,34H2,1-2H3,(H,35,36,40)/t21-,25-. The van der Waals surface area contributed by atoms with Crippen molar-refractivity contribution in [1.29, 1.82) is 0 Å². The van der Waals surface area contributed by atoms with Crippen molar-refractivity contribution in [2.24, 2.45) is 11.7 Å². The third-order valence-electron chi connectivity index (χ3n) is 8.36. The Hall–Kier alpha value is -3.72. The topological polar surface area (TPSA) is 101 Å². The molecule has 0 saturated heterocycles. The van der Waals surface area contributed by atoms with E-state index in [9.17, 15) is 18.4 Å². The average molecular weight is 548 g/mol. The van der Waals surface area contributed by atoms with Crippen LogP contribution in [-0.4, -0.2) is 45.9 Å². The molecule has 0 atom stereocenters. The van der Waals surface area contributed by atoms with E-state index in [1.165, 1.54) is 0 Å². The van der Waals surface area contributed by atoms with Crippen molar-refractivity contribution >= 4 is 17.6 Å². The SMILES string of the molecule is CC(=O)N(C)[C@H]1CC[C@H](CC(=O)Nc2cc(-c3ccccc3)c(-c3ccc(C4(N)CC(F)(F)C4)cc3)nn2)CC1. The van der Waals surface area contributed by atoms with Gasteiger partial charge in [0.05, 0.1) is 5.54 Å². The molecule has 3 aromatic rings. The maximum atomic E-state index is 13.5. The summed E-state index contributed by atoms with van der Waals surface area (Å²) in [6.45, 7) is 1.58. The Morgan fingerprint density at radius 2 is 1.62 bits per heavy atom. The van der Waals surface area contributed by atoms with E-state index in [4.69, 9.17) is 5.73 Å². The highest BCUT2D eigenvalue weighted by Crippen LogP contribution is 2.50. The fraction of sp³-hybridized carbons (Fsp3) is 0.419. The highest BCUT2D eigenvalue weighted by atomic mass is 19.3. The van der Waals surface area contributed by atoms with Crippen LogP contribution in [-0.2, 0) is 15.1 Å². The summed E-state index contributed by atoms with van der Waals surface area (Å²) >= 11 is 0. The number of hydrogen-bond acceptors (Lipinski definition) is 5. The third-order valence-corrected chi connectivity index (χ3v) is 8.36. The molecule has 7 nitrogen and oxygen atoms in total. The molecule has 1 heterocycles. The van der Waals surface area contributed by atoms with Crippen molar-refractivity contribution in [3.63, 3.8) is 0 Å². The monoisotopic (exact) mass is 547 g/mol. The minimum Gasteiger partial charge on any atom is -0.343 e. The summed E-state index contributed by atoms with van der Waals surface area (Å²) in [7, 11) is 1.84. The molecule has 2 fully saturated rings. The maximum absolute atomic E-state index is 13.5. The zero-order chi connectivity index (χ0) is 28.5. The lowest BCUT2D eigenvalue weighted by Gasteiger charge is -2.44. The lowest BCUT2D eigenvalue weighted by atomic mass is 9.70. The summed E-state index contributed by atoms with van der Waals surface area (Å²) in [6.07, 6.45) is 3.25. The Morgan fingerprint density at radius 3 is 2.23 bits per heavy atom. The summed E-state index contributed by atoms with van der Waals surface area (Å²) in [5, 5.41) is 11.7. The molecular weight excluding hydrogens is 512 g/mol. The van der Waals surface area contributed by atoms with E-state index >= 15 is 0 Å². The minimum absolute atomic E-state index is 0.0692. The Morgan fingerprint density at radius 1 is 0.975 bits per heavy atom. The lowest BCUT2D eigenvalue weighted by molar-refractivity contribution is -0.130. The first-order chi connectivity index (χ1) is 19.0. The number of benzene rings is 2.